The Morgan fingerprint density at radius 3 is 2.48 bits per heavy atom. The number of hydrogen-bond acceptors (Lipinski definition) is 4. The van der Waals surface area contributed by atoms with Gasteiger partial charge >= 0.3 is 6.03 Å². The molecule has 9 heteroatoms. The summed E-state index contributed by atoms with van der Waals surface area (Å²) in [6.45, 7) is 5.50. The molecule has 2 aliphatic rings. The van der Waals surface area contributed by atoms with Gasteiger partial charge in [-0.15, -0.1) is 0 Å². The molecule has 1 aromatic carbocycles. The number of carbonyl (C=O) groups is 2. The highest BCUT2D eigenvalue weighted by Crippen LogP contribution is 2.15. The maximum Gasteiger partial charge on any atom is 0.319 e. The summed E-state index contributed by atoms with van der Waals surface area (Å²) < 4.78 is 31.5. The van der Waals surface area contributed by atoms with Gasteiger partial charge in [0.2, 0.25) is 5.91 Å². The molecule has 0 bridgehead atoms. The third-order valence-electron chi connectivity index (χ3n) is 5.33. The van der Waals surface area contributed by atoms with Gasteiger partial charge in [0.15, 0.2) is 11.6 Å². The number of morpholine rings is 1. The van der Waals surface area contributed by atoms with Crippen LogP contribution in [0.2, 0.25) is 0 Å². The number of nitrogens with one attached hydrogen (secondary N) is 2. The summed E-state index contributed by atoms with van der Waals surface area (Å²) >= 11 is 0. The molecular weight excluding hydrogens is 382 g/mol. The van der Waals surface area contributed by atoms with E-state index >= 15 is 0 Å². The van der Waals surface area contributed by atoms with E-state index in [4.69, 9.17) is 4.74 Å². The molecule has 0 aliphatic carbocycles. The Bertz CT molecular complexity index is 705. The van der Waals surface area contributed by atoms with Gasteiger partial charge in [-0.05, 0) is 37.9 Å². The van der Waals surface area contributed by atoms with Crippen LogP contribution < -0.4 is 10.6 Å². The fourth-order valence-corrected chi connectivity index (χ4v) is 3.64. The van der Waals surface area contributed by atoms with Crippen LogP contribution in [0.25, 0.3) is 0 Å². The first-order valence-electron chi connectivity index (χ1n) is 10.1. The molecule has 0 radical (unpaired) electrons. The number of likely N-dealkylation sites (tertiary alicyclic amines) is 1. The first-order chi connectivity index (χ1) is 14.0. The molecule has 2 aliphatic heterocycles. The molecule has 0 atom stereocenters. The van der Waals surface area contributed by atoms with Crippen LogP contribution in [0.15, 0.2) is 18.2 Å². The van der Waals surface area contributed by atoms with Crippen LogP contribution >= 0.6 is 0 Å². The minimum Gasteiger partial charge on any atom is -0.379 e. The van der Waals surface area contributed by atoms with Crippen LogP contribution in [0.5, 0.6) is 0 Å². The Morgan fingerprint density at radius 2 is 1.79 bits per heavy atom. The molecule has 0 unspecified atom stereocenters. The van der Waals surface area contributed by atoms with E-state index in [1.807, 2.05) is 4.90 Å². The number of rotatable bonds is 6. The first-order valence-corrected chi connectivity index (χ1v) is 10.1. The minimum absolute atomic E-state index is 0.0577. The Kier molecular flexibility index (Phi) is 7.76. The number of amides is 3. The smallest absolute Gasteiger partial charge is 0.319 e. The quantitative estimate of drug-likeness (QED) is 0.754. The summed E-state index contributed by atoms with van der Waals surface area (Å²) in [5.41, 5.74) is 0.189. The number of carbonyl (C=O) groups excluding carboxylic acids is 2. The maximum atomic E-state index is 13.2. The van der Waals surface area contributed by atoms with Crippen molar-refractivity contribution >= 4 is 17.6 Å². The number of urea groups is 1. The number of anilines is 1. The highest BCUT2D eigenvalue weighted by atomic mass is 19.2. The van der Waals surface area contributed by atoms with Crippen LogP contribution in [-0.2, 0) is 9.53 Å². The van der Waals surface area contributed by atoms with Gasteiger partial charge < -0.3 is 20.3 Å². The molecule has 2 saturated heterocycles. The zero-order chi connectivity index (χ0) is 20.6. The summed E-state index contributed by atoms with van der Waals surface area (Å²) in [7, 11) is 0. The molecule has 0 spiro atoms. The molecule has 160 valence electrons. The number of piperidine rings is 1. The molecular formula is C20H28F2N4O3. The van der Waals surface area contributed by atoms with Crippen LogP contribution in [0.3, 0.4) is 0 Å². The molecule has 0 saturated carbocycles. The summed E-state index contributed by atoms with van der Waals surface area (Å²) in [6, 6.07) is 2.68. The van der Waals surface area contributed by atoms with Crippen molar-refractivity contribution in [1.82, 2.24) is 15.1 Å². The molecule has 3 rings (SSSR count). The monoisotopic (exact) mass is 410 g/mol. The number of nitrogens with zero attached hydrogens (tertiary/aromatic N) is 2. The predicted molar refractivity (Wildman–Crippen MR) is 105 cm³/mol. The lowest BCUT2D eigenvalue weighted by molar-refractivity contribution is -0.132. The second kappa shape index (κ2) is 10.5. The van der Waals surface area contributed by atoms with Gasteiger partial charge in [0.1, 0.15) is 0 Å². The van der Waals surface area contributed by atoms with E-state index in [2.05, 4.69) is 15.5 Å². The Morgan fingerprint density at radius 1 is 1.07 bits per heavy atom. The normalized spacial score (nSPS) is 18.5. The highest BCUT2D eigenvalue weighted by Gasteiger charge is 2.24. The fourth-order valence-electron chi connectivity index (χ4n) is 3.64. The third kappa shape index (κ3) is 6.64. The van der Waals surface area contributed by atoms with Crippen molar-refractivity contribution < 1.29 is 23.1 Å². The zero-order valence-corrected chi connectivity index (χ0v) is 16.5. The lowest BCUT2D eigenvalue weighted by Crippen LogP contribution is -2.47. The average Bonchev–Trinajstić information content (AvgIpc) is 2.72. The van der Waals surface area contributed by atoms with Crippen molar-refractivity contribution in [1.29, 1.82) is 0 Å². The van der Waals surface area contributed by atoms with Crippen molar-refractivity contribution in [2.75, 3.05) is 51.3 Å². The SMILES string of the molecule is O=C(Nc1ccc(F)c(F)c1)NC1CCN(C(=O)CCCN2CCOCC2)CC1. The molecule has 2 fully saturated rings. The van der Waals surface area contributed by atoms with Crippen LogP contribution in [-0.4, -0.2) is 73.7 Å². The van der Waals surface area contributed by atoms with E-state index in [0.29, 0.717) is 32.4 Å². The molecule has 29 heavy (non-hydrogen) atoms. The van der Waals surface area contributed by atoms with Gasteiger partial charge in [0, 0.05) is 50.4 Å². The Balaban J connectivity index is 1.33. The third-order valence-corrected chi connectivity index (χ3v) is 5.33. The zero-order valence-electron chi connectivity index (χ0n) is 16.5. The molecule has 1 aromatic rings. The number of halogens is 2. The topological polar surface area (TPSA) is 73.9 Å². The highest BCUT2D eigenvalue weighted by molar-refractivity contribution is 5.89. The van der Waals surface area contributed by atoms with E-state index in [0.717, 1.165) is 51.4 Å². The van der Waals surface area contributed by atoms with Crippen LogP contribution in [0.1, 0.15) is 25.7 Å². The van der Waals surface area contributed by atoms with Crippen molar-refractivity contribution in [3.05, 3.63) is 29.8 Å². The second-order valence-electron chi connectivity index (χ2n) is 7.44. The standard InChI is InChI=1S/C20H28F2N4O3/c21-17-4-3-16(14-18(17)22)24-20(28)23-15-5-8-26(9-6-15)19(27)2-1-7-25-10-12-29-13-11-25/h3-4,14-15H,1-2,5-13H2,(H2,23,24,28). The molecule has 2 N–H and O–H groups in total. The van der Waals surface area contributed by atoms with E-state index in [9.17, 15) is 18.4 Å². The second-order valence-corrected chi connectivity index (χ2v) is 7.44. The molecule has 3 amide bonds. The molecule has 0 aromatic heterocycles. The van der Waals surface area contributed by atoms with Gasteiger partial charge in [-0.3, -0.25) is 9.69 Å². The summed E-state index contributed by atoms with van der Waals surface area (Å²) in [5.74, 6) is -1.82. The van der Waals surface area contributed by atoms with E-state index in [1.54, 1.807) is 0 Å². The maximum absolute atomic E-state index is 13.2. The van der Waals surface area contributed by atoms with Crippen molar-refractivity contribution in [3.63, 3.8) is 0 Å². The lowest BCUT2D eigenvalue weighted by Gasteiger charge is -2.33. The van der Waals surface area contributed by atoms with Crippen molar-refractivity contribution in [2.24, 2.45) is 0 Å². The molecule has 2 heterocycles. The minimum atomic E-state index is -1.01. The fraction of sp³-hybridized carbons (Fsp3) is 0.600. The lowest BCUT2D eigenvalue weighted by atomic mass is 10.0. The summed E-state index contributed by atoms with van der Waals surface area (Å²) in [4.78, 5) is 28.6. The van der Waals surface area contributed by atoms with Crippen LogP contribution in [0, 0.1) is 11.6 Å². The number of hydrogen-bond donors (Lipinski definition) is 2. The van der Waals surface area contributed by atoms with E-state index in [1.165, 1.54) is 6.07 Å². The van der Waals surface area contributed by atoms with Gasteiger partial charge in [-0.1, -0.05) is 0 Å². The van der Waals surface area contributed by atoms with Gasteiger partial charge in [-0.25, -0.2) is 13.6 Å². The summed E-state index contributed by atoms with van der Waals surface area (Å²) in [5, 5.41) is 5.32. The van der Waals surface area contributed by atoms with Gasteiger partial charge in [-0.2, -0.15) is 0 Å². The van der Waals surface area contributed by atoms with Crippen molar-refractivity contribution in [3.8, 4) is 0 Å². The molecule has 7 nitrogen and oxygen atoms in total. The summed E-state index contributed by atoms with van der Waals surface area (Å²) in [6.07, 6.45) is 2.71. The largest absolute Gasteiger partial charge is 0.379 e. The Hall–Kier alpha value is -2.26. The van der Waals surface area contributed by atoms with Crippen molar-refractivity contribution in [2.45, 2.75) is 31.7 Å². The van der Waals surface area contributed by atoms with Crippen LogP contribution in [0.4, 0.5) is 19.3 Å². The first kappa shape index (κ1) is 21.4. The van der Waals surface area contributed by atoms with E-state index in [-0.39, 0.29) is 17.6 Å². The Labute approximate surface area is 169 Å². The average molecular weight is 410 g/mol. The number of ether oxygens (including phenoxy) is 1. The van der Waals surface area contributed by atoms with Gasteiger partial charge in [0.05, 0.1) is 13.2 Å². The van der Waals surface area contributed by atoms with E-state index < -0.39 is 17.7 Å². The van der Waals surface area contributed by atoms with Gasteiger partial charge in [0.25, 0.3) is 0 Å². The predicted octanol–water partition coefficient (Wildman–Crippen LogP) is 2.19. The number of benzene rings is 1.